The summed E-state index contributed by atoms with van der Waals surface area (Å²) in [5.74, 6) is -0.521. The lowest BCUT2D eigenvalue weighted by Gasteiger charge is -2.32. The Morgan fingerprint density at radius 1 is 1.48 bits per heavy atom. The third kappa shape index (κ3) is 3.93. The summed E-state index contributed by atoms with van der Waals surface area (Å²) >= 11 is 2.64. The van der Waals surface area contributed by atoms with E-state index in [0.717, 1.165) is 20.0 Å². The highest BCUT2D eigenvalue weighted by Crippen LogP contribution is 2.44. The minimum atomic E-state index is -4.51. The van der Waals surface area contributed by atoms with Crippen molar-refractivity contribution in [3.05, 3.63) is 50.2 Å². The normalized spacial score (nSPS) is 18.2. The molecule has 4 rings (SSSR count). The van der Waals surface area contributed by atoms with Gasteiger partial charge in [-0.1, -0.05) is 13.0 Å². The predicted octanol–water partition coefficient (Wildman–Crippen LogP) is 5.66. The van der Waals surface area contributed by atoms with Gasteiger partial charge >= 0.3 is 6.18 Å². The van der Waals surface area contributed by atoms with Crippen LogP contribution in [0.25, 0.3) is 0 Å². The van der Waals surface area contributed by atoms with Crippen LogP contribution < -0.4 is 10.6 Å². The van der Waals surface area contributed by atoms with Crippen LogP contribution in [0.15, 0.2) is 23.6 Å². The van der Waals surface area contributed by atoms with Crippen molar-refractivity contribution >= 4 is 39.4 Å². The molecule has 0 spiro atoms. The molecule has 0 fully saturated rings. The van der Waals surface area contributed by atoms with E-state index in [9.17, 15) is 23.2 Å². The Balaban J connectivity index is 1.65. The Bertz CT molecular complexity index is 1160. The van der Waals surface area contributed by atoms with E-state index in [1.165, 1.54) is 28.7 Å². The van der Waals surface area contributed by atoms with Gasteiger partial charge in [0.15, 0.2) is 11.7 Å². The number of nitriles is 1. The fourth-order valence-electron chi connectivity index (χ4n) is 3.74. The average molecular weight is 466 g/mol. The van der Waals surface area contributed by atoms with Gasteiger partial charge in [0.2, 0.25) is 0 Å². The van der Waals surface area contributed by atoms with Gasteiger partial charge in [0.25, 0.3) is 5.91 Å². The highest BCUT2D eigenvalue weighted by atomic mass is 32.1. The predicted molar refractivity (Wildman–Crippen MR) is 114 cm³/mol. The number of rotatable bonds is 4. The van der Waals surface area contributed by atoms with Crippen LogP contribution in [0.4, 0.5) is 24.0 Å². The second-order valence-electron chi connectivity index (χ2n) is 7.13. The number of aryl methyl sites for hydroxylation is 1. The zero-order valence-electron chi connectivity index (χ0n) is 16.6. The molecule has 0 radical (unpaired) electrons. The molecule has 1 amide bonds. The minimum Gasteiger partial charge on any atom is -0.363 e. The largest absolute Gasteiger partial charge is 0.410 e. The number of amides is 1. The third-order valence-electron chi connectivity index (χ3n) is 5.21. The molecule has 0 unspecified atom stereocenters. The van der Waals surface area contributed by atoms with Gasteiger partial charge in [-0.2, -0.15) is 23.5 Å². The quantitative estimate of drug-likeness (QED) is 0.521. The first-order valence-corrected chi connectivity index (χ1v) is 11.2. The second-order valence-corrected chi connectivity index (χ2v) is 9.33. The van der Waals surface area contributed by atoms with E-state index < -0.39 is 24.2 Å². The van der Waals surface area contributed by atoms with Crippen LogP contribution >= 0.6 is 22.7 Å². The van der Waals surface area contributed by atoms with Crippen molar-refractivity contribution in [3.63, 3.8) is 0 Å². The molecule has 2 atom stereocenters. The maximum absolute atomic E-state index is 13.8. The summed E-state index contributed by atoms with van der Waals surface area (Å²) in [6.45, 7) is 3.77. The standard InChI is InChI=1S/C20H18F3N5OS2/c1-3-11-10(2)31-19(12(11)9-24)26-18(29)14-8-17-25-13(15-5-4-6-30-15)7-16(20(21,22)23)28(17)27-14/h4-6,8,13,16,25H,3,7H2,1-2H3,(H,26,29)/t13-,16-/m0/s1. The lowest BCUT2D eigenvalue weighted by Crippen LogP contribution is -2.35. The number of hydrogen-bond acceptors (Lipinski definition) is 6. The van der Waals surface area contributed by atoms with E-state index in [2.05, 4.69) is 21.8 Å². The number of hydrogen-bond donors (Lipinski definition) is 2. The molecule has 3 aromatic heterocycles. The average Bonchev–Trinajstić information content (AvgIpc) is 3.44. The van der Waals surface area contributed by atoms with Crippen molar-refractivity contribution in [1.29, 1.82) is 5.26 Å². The van der Waals surface area contributed by atoms with Crippen LogP contribution in [0, 0.1) is 18.3 Å². The first kappa shape index (κ1) is 21.4. The van der Waals surface area contributed by atoms with E-state index >= 15 is 0 Å². The van der Waals surface area contributed by atoms with Crippen LogP contribution in [0.1, 0.15) is 56.8 Å². The fourth-order valence-corrected chi connectivity index (χ4v) is 5.62. The number of thiophene rings is 2. The molecule has 0 aromatic carbocycles. The Morgan fingerprint density at radius 2 is 2.26 bits per heavy atom. The van der Waals surface area contributed by atoms with Gasteiger partial charge in [0.05, 0.1) is 11.6 Å². The maximum Gasteiger partial charge on any atom is 0.410 e. The highest BCUT2D eigenvalue weighted by Gasteiger charge is 2.47. The van der Waals surface area contributed by atoms with Crippen LogP contribution in [-0.4, -0.2) is 21.9 Å². The van der Waals surface area contributed by atoms with Crippen molar-refractivity contribution in [3.8, 4) is 6.07 Å². The Kier molecular flexibility index (Phi) is 5.53. The third-order valence-corrected chi connectivity index (χ3v) is 7.26. The molecule has 162 valence electrons. The van der Waals surface area contributed by atoms with Gasteiger partial charge in [0.1, 0.15) is 16.9 Å². The van der Waals surface area contributed by atoms with Crippen molar-refractivity contribution in [2.75, 3.05) is 10.6 Å². The zero-order valence-corrected chi connectivity index (χ0v) is 18.2. The summed E-state index contributed by atoms with van der Waals surface area (Å²) in [4.78, 5) is 14.5. The topological polar surface area (TPSA) is 82.7 Å². The lowest BCUT2D eigenvalue weighted by atomic mass is 10.0. The Hall–Kier alpha value is -2.84. The first-order chi connectivity index (χ1) is 14.7. The molecule has 11 heteroatoms. The van der Waals surface area contributed by atoms with Gasteiger partial charge in [-0.05, 0) is 30.4 Å². The van der Waals surface area contributed by atoms with Crippen molar-refractivity contribution < 1.29 is 18.0 Å². The van der Waals surface area contributed by atoms with Gasteiger partial charge < -0.3 is 10.6 Å². The van der Waals surface area contributed by atoms with Crippen molar-refractivity contribution in [2.45, 2.75) is 44.9 Å². The monoisotopic (exact) mass is 465 g/mol. The Labute approximate surface area is 184 Å². The lowest BCUT2D eigenvalue weighted by molar-refractivity contribution is -0.173. The SMILES string of the molecule is CCc1c(C)sc(NC(=O)c2cc3n(n2)[C@H](C(F)(F)F)C[C@@H](c2cccs2)N3)c1C#N. The molecule has 4 heterocycles. The molecule has 0 bridgehead atoms. The number of carbonyl (C=O) groups excluding carboxylic acids is 1. The van der Waals surface area contributed by atoms with Crippen LogP contribution in [0.5, 0.6) is 0 Å². The number of anilines is 2. The minimum absolute atomic E-state index is 0.134. The van der Waals surface area contributed by atoms with E-state index in [0.29, 0.717) is 17.0 Å². The molecule has 3 aromatic rings. The molecule has 0 saturated heterocycles. The van der Waals surface area contributed by atoms with Gasteiger partial charge in [0, 0.05) is 22.2 Å². The fraction of sp³-hybridized carbons (Fsp3) is 0.350. The van der Waals surface area contributed by atoms with Crippen LogP contribution in [0.2, 0.25) is 0 Å². The molecular weight excluding hydrogens is 447 g/mol. The number of carbonyl (C=O) groups is 1. The smallest absolute Gasteiger partial charge is 0.363 e. The van der Waals surface area contributed by atoms with E-state index in [4.69, 9.17) is 0 Å². The maximum atomic E-state index is 13.8. The summed E-state index contributed by atoms with van der Waals surface area (Å²) in [5, 5.41) is 21.3. The summed E-state index contributed by atoms with van der Waals surface area (Å²) in [7, 11) is 0. The molecule has 1 aliphatic rings. The summed E-state index contributed by atoms with van der Waals surface area (Å²) < 4.78 is 42.1. The summed E-state index contributed by atoms with van der Waals surface area (Å²) in [5.41, 5.74) is 1.09. The first-order valence-electron chi connectivity index (χ1n) is 9.52. The second kappa shape index (κ2) is 8.01. The molecule has 1 aliphatic heterocycles. The number of aromatic nitrogens is 2. The van der Waals surface area contributed by atoms with Crippen molar-refractivity contribution in [1.82, 2.24) is 9.78 Å². The highest BCUT2D eigenvalue weighted by molar-refractivity contribution is 7.16. The zero-order chi connectivity index (χ0) is 22.3. The number of nitrogens with one attached hydrogen (secondary N) is 2. The number of nitrogens with zero attached hydrogens (tertiary/aromatic N) is 3. The van der Waals surface area contributed by atoms with E-state index in [1.54, 1.807) is 12.1 Å². The molecular formula is C20H18F3N5OS2. The van der Waals surface area contributed by atoms with Crippen molar-refractivity contribution in [2.24, 2.45) is 0 Å². The summed E-state index contributed by atoms with van der Waals surface area (Å²) in [6.07, 6.45) is -4.09. The molecule has 2 N–H and O–H groups in total. The molecule has 31 heavy (non-hydrogen) atoms. The number of alkyl halides is 3. The number of fused-ring (bicyclic) bond motifs is 1. The summed E-state index contributed by atoms with van der Waals surface area (Å²) in [6, 6.07) is 4.62. The van der Waals surface area contributed by atoms with E-state index in [1.807, 2.05) is 19.2 Å². The van der Waals surface area contributed by atoms with Gasteiger partial charge in [-0.3, -0.25) is 4.79 Å². The van der Waals surface area contributed by atoms with Gasteiger partial charge in [-0.15, -0.1) is 22.7 Å². The molecule has 6 nitrogen and oxygen atoms in total. The Morgan fingerprint density at radius 3 is 2.87 bits per heavy atom. The molecule has 0 saturated carbocycles. The van der Waals surface area contributed by atoms with E-state index in [-0.39, 0.29) is 17.9 Å². The number of halogens is 3. The molecule has 0 aliphatic carbocycles. The van der Waals surface area contributed by atoms with Gasteiger partial charge in [-0.25, -0.2) is 4.68 Å². The van der Waals surface area contributed by atoms with Crippen LogP contribution in [-0.2, 0) is 6.42 Å². The van der Waals surface area contributed by atoms with Crippen LogP contribution in [0.3, 0.4) is 0 Å².